The lowest BCUT2D eigenvalue weighted by Gasteiger charge is -2.19. The molecule has 0 unspecified atom stereocenters. The number of nitrogens with one attached hydrogen (secondary N) is 1. The molecule has 0 atom stereocenters. The maximum Gasteiger partial charge on any atom is 0.482 e. The Kier molecular flexibility index (Phi) is 4.24. The van der Waals surface area contributed by atoms with E-state index in [4.69, 9.17) is 10.5 Å². The highest BCUT2D eigenvalue weighted by Crippen LogP contribution is 2.35. The monoisotopic (exact) mass is 334 g/mol. The first-order chi connectivity index (χ1) is 11.4. The highest BCUT2D eigenvalue weighted by molar-refractivity contribution is 5.82. The molecule has 3 rings (SSSR count). The van der Waals surface area contributed by atoms with E-state index in [-0.39, 0.29) is 17.5 Å². The SMILES string of the molecule is Nc1ccc(Oc2ccccc2OC(F)(F)C(=O)NC2CC2)cc1. The van der Waals surface area contributed by atoms with Crippen LogP contribution in [0.15, 0.2) is 48.5 Å². The predicted molar refractivity (Wildman–Crippen MR) is 84.1 cm³/mol. The molecule has 1 amide bonds. The molecule has 0 aromatic heterocycles. The number of nitrogens with two attached hydrogens (primary N) is 1. The summed E-state index contributed by atoms with van der Waals surface area (Å²) in [5, 5.41) is 2.22. The zero-order valence-corrected chi connectivity index (χ0v) is 12.7. The van der Waals surface area contributed by atoms with E-state index in [1.54, 1.807) is 30.3 Å². The largest absolute Gasteiger partial charge is 0.482 e. The minimum atomic E-state index is -3.98. The normalized spacial score (nSPS) is 14.1. The highest BCUT2D eigenvalue weighted by Gasteiger charge is 2.45. The summed E-state index contributed by atoms with van der Waals surface area (Å²) in [5.41, 5.74) is 6.14. The van der Waals surface area contributed by atoms with Gasteiger partial charge in [0.2, 0.25) is 0 Å². The summed E-state index contributed by atoms with van der Waals surface area (Å²) in [6.07, 6.45) is -2.57. The van der Waals surface area contributed by atoms with Crippen molar-refractivity contribution in [2.75, 3.05) is 5.73 Å². The van der Waals surface area contributed by atoms with Crippen molar-refractivity contribution in [3.05, 3.63) is 48.5 Å². The number of benzene rings is 2. The van der Waals surface area contributed by atoms with Gasteiger partial charge in [-0.3, -0.25) is 4.79 Å². The summed E-state index contributed by atoms with van der Waals surface area (Å²) in [5.74, 6) is -1.20. The maximum atomic E-state index is 14.0. The Morgan fingerprint density at radius 3 is 2.33 bits per heavy atom. The number of carbonyl (C=O) groups excluding carboxylic acids is 1. The number of hydrogen-bond donors (Lipinski definition) is 2. The molecule has 1 fully saturated rings. The van der Waals surface area contributed by atoms with Crippen LogP contribution in [0, 0.1) is 0 Å². The van der Waals surface area contributed by atoms with Crippen LogP contribution in [0.25, 0.3) is 0 Å². The van der Waals surface area contributed by atoms with E-state index in [0.717, 1.165) is 0 Å². The molecule has 0 aliphatic heterocycles. The number of amides is 1. The van der Waals surface area contributed by atoms with Gasteiger partial charge in [0.1, 0.15) is 5.75 Å². The molecule has 2 aromatic carbocycles. The lowest BCUT2D eigenvalue weighted by molar-refractivity contribution is -0.193. The van der Waals surface area contributed by atoms with E-state index >= 15 is 0 Å². The van der Waals surface area contributed by atoms with Crippen molar-refractivity contribution in [2.45, 2.75) is 25.0 Å². The third-order valence-electron chi connectivity index (χ3n) is 3.37. The number of para-hydroxylation sites is 2. The Hall–Kier alpha value is -2.83. The van der Waals surface area contributed by atoms with Crippen LogP contribution >= 0.6 is 0 Å². The number of anilines is 1. The van der Waals surface area contributed by atoms with Crippen LogP contribution < -0.4 is 20.5 Å². The lowest BCUT2D eigenvalue weighted by atomic mass is 10.3. The molecule has 7 heteroatoms. The Morgan fingerprint density at radius 1 is 1.08 bits per heavy atom. The number of halogens is 2. The molecule has 0 spiro atoms. The van der Waals surface area contributed by atoms with Gasteiger partial charge in [-0.1, -0.05) is 12.1 Å². The Balaban J connectivity index is 1.75. The number of rotatable bonds is 6. The van der Waals surface area contributed by atoms with E-state index in [1.165, 1.54) is 18.2 Å². The van der Waals surface area contributed by atoms with Gasteiger partial charge in [-0.25, -0.2) is 0 Å². The van der Waals surface area contributed by atoms with E-state index in [1.807, 2.05) is 0 Å². The number of carbonyl (C=O) groups is 1. The van der Waals surface area contributed by atoms with Crippen LogP contribution in [0.2, 0.25) is 0 Å². The van der Waals surface area contributed by atoms with Gasteiger partial charge in [0.15, 0.2) is 11.5 Å². The van der Waals surface area contributed by atoms with Crippen LogP contribution in [0.1, 0.15) is 12.8 Å². The maximum absolute atomic E-state index is 14.0. The van der Waals surface area contributed by atoms with Gasteiger partial charge in [-0.05, 0) is 49.2 Å². The first-order valence-corrected chi connectivity index (χ1v) is 7.44. The molecule has 0 radical (unpaired) electrons. The van der Waals surface area contributed by atoms with Gasteiger partial charge in [0.25, 0.3) is 0 Å². The van der Waals surface area contributed by atoms with Gasteiger partial charge >= 0.3 is 12.0 Å². The van der Waals surface area contributed by atoms with Gasteiger partial charge in [-0.2, -0.15) is 8.78 Å². The zero-order chi connectivity index (χ0) is 17.2. The molecule has 1 aliphatic rings. The Morgan fingerprint density at radius 2 is 1.71 bits per heavy atom. The first kappa shape index (κ1) is 16.0. The van der Waals surface area contributed by atoms with Crippen molar-refractivity contribution in [2.24, 2.45) is 0 Å². The molecule has 0 bridgehead atoms. The smallest absolute Gasteiger partial charge is 0.453 e. The lowest BCUT2D eigenvalue weighted by Crippen LogP contribution is -2.45. The van der Waals surface area contributed by atoms with E-state index in [9.17, 15) is 13.6 Å². The van der Waals surface area contributed by atoms with Crippen molar-refractivity contribution in [3.63, 3.8) is 0 Å². The minimum absolute atomic E-state index is 0.0705. The summed E-state index contributed by atoms with van der Waals surface area (Å²) in [7, 11) is 0. The molecule has 0 saturated heterocycles. The fourth-order valence-corrected chi connectivity index (χ4v) is 1.96. The standard InChI is InChI=1S/C17H16F2N2O3/c18-17(19,16(22)21-12-7-8-12)24-15-4-2-1-3-14(15)23-13-9-5-11(20)6-10-13/h1-6,9-10,12H,7-8,20H2,(H,21,22). The third kappa shape index (κ3) is 3.92. The number of nitrogen functional groups attached to an aromatic ring is 1. The summed E-state index contributed by atoms with van der Waals surface area (Å²) < 4.78 is 38.1. The first-order valence-electron chi connectivity index (χ1n) is 7.44. The second kappa shape index (κ2) is 6.35. The fourth-order valence-electron chi connectivity index (χ4n) is 1.96. The van der Waals surface area contributed by atoms with E-state index < -0.39 is 12.0 Å². The second-order valence-corrected chi connectivity index (χ2v) is 5.48. The van der Waals surface area contributed by atoms with Crippen molar-refractivity contribution in [1.82, 2.24) is 5.32 Å². The van der Waals surface area contributed by atoms with Crippen LogP contribution in [-0.4, -0.2) is 18.1 Å². The summed E-state index contributed by atoms with van der Waals surface area (Å²) in [6.45, 7) is 0. The number of alkyl halides is 2. The molecule has 1 saturated carbocycles. The predicted octanol–water partition coefficient (Wildman–Crippen LogP) is 3.31. The van der Waals surface area contributed by atoms with E-state index in [2.05, 4.69) is 10.1 Å². The third-order valence-corrected chi connectivity index (χ3v) is 3.37. The molecule has 24 heavy (non-hydrogen) atoms. The topological polar surface area (TPSA) is 73.6 Å². The molecule has 2 aromatic rings. The highest BCUT2D eigenvalue weighted by atomic mass is 19.3. The summed E-state index contributed by atoms with van der Waals surface area (Å²) >= 11 is 0. The van der Waals surface area contributed by atoms with E-state index in [0.29, 0.717) is 24.3 Å². The van der Waals surface area contributed by atoms with Crippen LogP contribution in [0.5, 0.6) is 17.2 Å². The molecule has 1 aliphatic carbocycles. The fraction of sp³-hybridized carbons (Fsp3) is 0.235. The van der Waals surface area contributed by atoms with Crippen molar-refractivity contribution in [3.8, 4) is 17.2 Å². The average molecular weight is 334 g/mol. The van der Waals surface area contributed by atoms with Crippen molar-refractivity contribution >= 4 is 11.6 Å². The molecule has 0 heterocycles. The zero-order valence-electron chi connectivity index (χ0n) is 12.7. The molecular weight excluding hydrogens is 318 g/mol. The van der Waals surface area contributed by atoms with Gasteiger partial charge in [0.05, 0.1) is 0 Å². The van der Waals surface area contributed by atoms with Crippen molar-refractivity contribution < 1.29 is 23.0 Å². The quantitative estimate of drug-likeness (QED) is 0.795. The Labute approximate surface area is 137 Å². The van der Waals surface area contributed by atoms with Gasteiger partial charge in [0, 0.05) is 11.7 Å². The van der Waals surface area contributed by atoms with Gasteiger partial charge < -0.3 is 20.5 Å². The average Bonchev–Trinajstić information content (AvgIpc) is 3.35. The summed E-state index contributed by atoms with van der Waals surface area (Å²) in [6, 6.07) is 12.2. The van der Waals surface area contributed by atoms with Crippen LogP contribution in [0.4, 0.5) is 14.5 Å². The number of hydrogen-bond acceptors (Lipinski definition) is 4. The van der Waals surface area contributed by atoms with Crippen LogP contribution in [-0.2, 0) is 4.79 Å². The molecule has 3 N–H and O–H groups in total. The molecular formula is C17H16F2N2O3. The molecule has 5 nitrogen and oxygen atoms in total. The summed E-state index contributed by atoms with van der Waals surface area (Å²) in [4.78, 5) is 11.6. The van der Waals surface area contributed by atoms with Crippen LogP contribution in [0.3, 0.4) is 0 Å². The molecule has 126 valence electrons. The Bertz CT molecular complexity index is 731. The van der Waals surface area contributed by atoms with Gasteiger partial charge in [-0.15, -0.1) is 0 Å². The van der Waals surface area contributed by atoms with Crippen molar-refractivity contribution in [1.29, 1.82) is 0 Å². The second-order valence-electron chi connectivity index (χ2n) is 5.48. The number of ether oxygens (including phenoxy) is 2. The minimum Gasteiger partial charge on any atom is -0.453 e.